The van der Waals surface area contributed by atoms with Gasteiger partial charge in [-0.25, -0.2) is 12.8 Å². The van der Waals surface area contributed by atoms with Crippen molar-refractivity contribution in [2.75, 3.05) is 4.72 Å². The van der Waals surface area contributed by atoms with Crippen molar-refractivity contribution in [3.8, 4) is 0 Å². The minimum absolute atomic E-state index is 0.331. The molecule has 0 amide bonds. The predicted molar refractivity (Wildman–Crippen MR) is 79.0 cm³/mol. The molecule has 0 atom stereocenters. The predicted octanol–water partition coefficient (Wildman–Crippen LogP) is 2.74. The van der Waals surface area contributed by atoms with E-state index in [4.69, 9.17) is 5.11 Å². The Balaban J connectivity index is 2.45. The zero-order chi connectivity index (χ0) is 15.6. The number of rotatable bonds is 4. The molecule has 0 bridgehead atoms. The van der Waals surface area contributed by atoms with Gasteiger partial charge in [0.25, 0.3) is 10.0 Å². The monoisotopic (exact) mass is 309 g/mol. The molecule has 0 radical (unpaired) electrons. The fraction of sp³-hybridized carbons (Fsp3) is 0.200. The Labute approximate surface area is 123 Å². The lowest BCUT2D eigenvalue weighted by Crippen LogP contribution is -2.16. The summed E-state index contributed by atoms with van der Waals surface area (Å²) in [5, 5.41) is 9.05. The van der Waals surface area contributed by atoms with Crippen molar-refractivity contribution in [2.45, 2.75) is 25.3 Å². The highest BCUT2D eigenvalue weighted by molar-refractivity contribution is 7.92. The molecule has 6 heteroatoms. The smallest absolute Gasteiger partial charge is 0.264 e. The van der Waals surface area contributed by atoms with E-state index in [0.29, 0.717) is 11.3 Å². The molecule has 2 N–H and O–H groups in total. The molecule has 0 spiro atoms. The maximum absolute atomic E-state index is 13.8. The van der Waals surface area contributed by atoms with E-state index in [-0.39, 0.29) is 6.61 Å². The third-order valence-electron chi connectivity index (χ3n) is 3.11. The Kier molecular flexibility index (Phi) is 4.29. The Bertz CT molecular complexity index is 772. The molecule has 0 heterocycles. The van der Waals surface area contributed by atoms with Gasteiger partial charge in [0.2, 0.25) is 0 Å². The Morgan fingerprint density at radius 3 is 2.52 bits per heavy atom. The summed E-state index contributed by atoms with van der Waals surface area (Å²) in [6.45, 7) is 3.24. The minimum atomic E-state index is -4.05. The van der Waals surface area contributed by atoms with E-state index in [1.807, 2.05) is 13.0 Å². The molecule has 0 saturated carbocycles. The van der Waals surface area contributed by atoms with Gasteiger partial charge in [0, 0.05) is 0 Å². The number of sulfonamides is 1. The average molecular weight is 309 g/mol. The highest BCUT2D eigenvalue weighted by Crippen LogP contribution is 2.23. The van der Waals surface area contributed by atoms with Gasteiger partial charge in [-0.15, -0.1) is 0 Å². The molecule has 0 aliphatic heterocycles. The summed E-state index contributed by atoms with van der Waals surface area (Å²) in [5.41, 5.74) is 2.37. The first-order chi connectivity index (χ1) is 9.83. The standard InChI is InChI=1S/C15H16FNO3S/c1-10-3-4-11(2)14(7-10)17-21(19,20)15-8-12(9-18)5-6-13(15)16/h3-8,17-18H,9H2,1-2H3. The Morgan fingerprint density at radius 2 is 1.86 bits per heavy atom. The second kappa shape index (κ2) is 5.83. The van der Waals surface area contributed by atoms with Crippen molar-refractivity contribution >= 4 is 15.7 Å². The van der Waals surface area contributed by atoms with Gasteiger partial charge in [0.1, 0.15) is 10.7 Å². The Morgan fingerprint density at radius 1 is 1.14 bits per heavy atom. The van der Waals surface area contributed by atoms with Gasteiger partial charge in [-0.05, 0) is 48.7 Å². The second-order valence-electron chi connectivity index (χ2n) is 4.85. The fourth-order valence-corrected chi connectivity index (χ4v) is 3.15. The molecule has 2 aromatic carbocycles. The molecule has 0 aromatic heterocycles. The van der Waals surface area contributed by atoms with Crippen LogP contribution in [-0.4, -0.2) is 13.5 Å². The molecule has 2 rings (SSSR count). The summed E-state index contributed by atoms with van der Waals surface area (Å²) in [5.74, 6) is -0.856. The molecule has 2 aromatic rings. The highest BCUT2D eigenvalue weighted by Gasteiger charge is 2.20. The second-order valence-corrected chi connectivity index (χ2v) is 6.50. The van der Waals surface area contributed by atoms with Crippen molar-refractivity contribution in [3.63, 3.8) is 0 Å². The van der Waals surface area contributed by atoms with Crippen LogP contribution >= 0.6 is 0 Å². The molecular formula is C15H16FNO3S. The Hall–Kier alpha value is -1.92. The molecule has 0 aliphatic carbocycles. The summed E-state index contributed by atoms with van der Waals surface area (Å²) in [6, 6.07) is 8.83. The zero-order valence-corrected chi connectivity index (χ0v) is 12.5. The largest absolute Gasteiger partial charge is 0.392 e. The van der Waals surface area contributed by atoms with Crippen molar-refractivity contribution < 1.29 is 17.9 Å². The summed E-state index contributed by atoms with van der Waals surface area (Å²) in [4.78, 5) is -0.477. The topological polar surface area (TPSA) is 66.4 Å². The molecule has 0 fully saturated rings. The van der Waals surface area contributed by atoms with Crippen molar-refractivity contribution in [3.05, 3.63) is 58.9 Å². The van der Waals surface area contributed by atoms with Gasteiger partial charge >= 0.3 is 0 Å². The first-order valence-corrected chi connectivity index (χ1v) is 7.81. The highest BCUT2D eigenvalue weighted by atomic mass is 32.2. The summed E-state index contributed by atoms with van der Waals surface area (Å²) in [7, 11) is -4.05. The number of aliphatic hydroxyl groups excluding tert-OH is 1. The molecule has 112 valence electrons. The lowest BCUT2D eigenvalue weighted by molar-refractivity contribution is 0.281. The lowest BCUT2D eigenvalue weighted by atomic mass is 10.1. The van der Waals surface area contributed by atoms with Crippen LogP contribution in [0.4, 0.5) is 10.1 Å². The van der Waals surface area contributed by atoms with Crippen molar-refractivity contribution in [1.29, 1.82) is 0 Å². The zero-order valence-electron chi connectivity index (χ0n) is 11.7. The van der Waals surface area contributed by atoms with Gasteiger partial charge < -0.3 is 5.11 Å². The van der Waals surface area contributed by atoms with Gasteiger partial charge in [0.05, 0.1) is 12.3 Å². The van der Waals surface area contributed by atoms with E-state index in [2.05, 4.69) is 4.72 Å². The number of hydrogen-bond donors (Lipinski definition) is 2. The van der Waals surface area contributed by atoms with Crippen LogP contribution in [0, 0.1) is 19.7 Å². The normalized spacial score (nSPS) is 11.4. The number of halogens is 1. The van der Waals surface area contributed by atoms with E-state index in [9.17, 15) is 12.8 Å². The number of benzene rings is 2. The maximum atomic E-state index is 13.8. The van der Waals surface area contributed by atoms with Crippen LogP contribution in [0.15, 0.2) is 41.3 Å². The van der Waals surface area contributed by atoms with Crippen LogP contribution in [0.3, 0.4) is 0 Å². The van der Waals surface area contributed by atoms with Crippen LogP contribution in [0.25, 0.3) is 0 Å². The van der Waals surface area contributed by atoms with Crippen LogP contribution in [0.2, 0.25) is 0 Å². The summed E-state index contributed by atoms with van der Waals surface area (Å²) in [6.07, 6.45) is 0. The SMILES string of the molecule is Cc1ccc(C)c(NS(=O)(=O)c2cc(CO)ccc2F)c1. The van der Waals surface area contributed by atoms with Crippen LogP contribution in [0.5, 0.6) is 0 Å². The number of hydrogen-bond acceptors (Lipinski definition) is 3. The fourth-order valence-electron chi connectivity index (χ4n) is 1.90. The summed E-state index contributed by atoms with van der Waals surface area (Å²) < 4.78 is 40.8. The first kappa shape index (κ1) is 15.5. The minimum Gasteiger partial charge on any atom is -0.392 e. The molecule has 4 nitrogen and oxygen atoms in total. The molecule has 21 heavy (non-hydrogen) atoms. The molecule has 0 saturated heterocycles. The number of aliphatic hydroxyl groups is 1. The van der Waals surface area contributed by atoms with Crippen molar-refractivity contribution in [1.82, 2.24) is 0 Å². The van der Waals surface area contributed by atoms with E-state index in [0.717, 1.165) is 23.3 Å². The van der Waals surface area contributed by atoms with Crippen LogP contribution < -0.4 is 4.72 Å². The maximum Gasteiger partial charge on any atom is 0.264 e. The van der Waals surface area contributed by atoms with Gasteiger partial charge in [0.15, 0.2) is 0 Å². The number of anilines is 1. The third kappa shape index (κ3) is 3.40. The van der Waals surface area contributed by atoms with E-state index >= 15 is 0 Å². The quantitative estimate of drug-likeness (QED) is 0.912. The number of nitrogens with one attached hydrogen (secondary N) is 1. The van der Waals surface area contributed by atoms with Gasteiger partial charge in [-0.3, -0.25) is 4.72 Å². The average Bonchev–Trinajstić information content (AvgIpc) is 2.43. The van der Waals surface area contributed by atoms with Crippen LogP contribution in [-0.2, 0) is 16.6 Å². The molecule has 0 aliphatic rings. The van der Waals surface area contributed by atoms with Gasteiger partial charge in [-0.1, -0.05) is 18.2 Å². The van der Waals surface area contributed by atoms with Crippen LogP contribution in [0.1, 0.15) is 16.7 Å². The molecule has 0 unspecified atom stereocenters. The lowest BCUT2D eigenvalue weighted by Gasteiger charge is -2.12. The van der Waals surface area contributed by atoms with E-state index in [1.165, 1.54) is 6.07 Å². The van der Waals surface area contributed by atoms with Crippen molar-refractivity contribution in [2.24, 2.45) is 0 Å². The van der Waals surface area contributed by atoms with E-state index < -0.39 is 20.7 Å². The van der Waals surface area contributed by atoms with Gasteiger partial charge in [-0.2, -0.15) is 0 Å². The van der Waals surface area contributed by atoms with E-state index in [1.54, 1.807) is 19.1 Å². The molecular weight excluding hydrogens is 293 g/mol. The summed E-state index contributed by atoms with van der Waals surface area (Å²) >= 11 is 0. The number of aryl methyl sites for hydroxylation is 2. The first-order valence-electron chi connectivity index (χ1n) is 6.33. The third-order valence-corrected chi connectivity index (χ3v) is 4.49.